The lowest BCUT2D eigenvalue weighted by atomic mass is 9.82. The molecule has 2 rings (SSSR count). The summed E-state index contributed by atoms with van der Waals surface area (Å²) in [5.74, 6) is -4.94. The van der Waals surface area contributed by atoms with E-state index >= 15 is 0 Å². The Morgan fingerprint density at radius 1 is 0.818 bits per heavy atom. The van der Waals surface area contributed by atoms with Crippen LogP contribution in [-0.4, -0.2) is 6.18 Å². The fraction of sp³-hybridized carbons (Fsp3) is 0.375. The van der Waals surface area contributed by atoms with Gasteiger partial charge in [-0.2, -0.15) is 22.0 Å². The smallest absolute Gasteiger partial charge is 0.398 e. The van der Waals surface area contributed by atoms with Gasteiger partial charge in [-0.25, -0.2) is 0 Å². The molecule has 1 nitrogen and oxygen atoms in total. The van der Waals surface area contributed by atoms with Gasteiger partial charge < -0.3 is 5.73 Å². The minimum Gasteiger partial charge on any atom is -0.398 e. The Labute approximate surface area is 124 Å². The van der Waals surface area contributed by atoms with Crippen molar-refractivity contribution in [1.29, 1.82) is 0 Å². The predicted molar refractivity (Wildman–Crippen MR) is 77.0 cm³/mol. The Kier molecular flexibility index (Phi) is 3.62. The van der Waals surface area contributed by atoms with Gasteiger partial charge in [0.15, 0.2) is 0 Å². The number of hydrogen-bond acceptors (Lipinski definition) is 1. The lowest BCUT2D eigenvalue weighted by Gasteiger charge is -2.27. The predicted octanol–water partition coefficient (Wildman–Crippen LogP) is 5.37. The average molecular weight is 317 g/mol. The van der Waals surface area contributed by atoms with Crippen LogP contribution in [0.4, 0.5) is 27.6 Å². The second kappa shape index (κ2) is 4.83. The van der Waals surface area contributed by atoms with Crippen LogP contribution in [0.3, 0.4) is 0 Å². The molecule has 2 N–H and O–H groups in total. The summed E-state index contributed by atoms with van der Waals surface area (Å²) in [7, 11) is 0. The van der Waals surface area contributed by atoms with E-state index in [1.54, 1.807) is 26.8 Å². The van der Waals surface area contributed by atoms with E-state index in [9.17, 15) is 22.0 Å². The van der Waals surface area contributed by atoms with Gasteiger partial charge in [-0.1, -0.05) is 45.0 Å². The zero-order chi connectivity index (χ0) is 16.9. The summed E-state index contributed by atoms with van der Waals surface area (Å²) >= 11 is 0. The number of fused-ring (bicyclic) bond motifs is 1. The standard InChI is InChI=1S/C16H16F5N/c1-14(2,3)12-8-11(15(17,18)16(19,20)21)9-6-4-5-7-10(9)13(12)22/h4-8H,22H2,1-3H3. The van der Waals surface area contributed by atoms with Crippen LogP contribution in [0.1, 0.15) is 31.9 Å². The van der Waals surface area contributed by atoms with Gasteiger partial charge in [-0.05, 0) is 22.4 Å². The van der Waals surface area contributed by atoms with Crippen molar-refractivity contribution < 1.29 is 22.0 Å². The Hall–Kier alpha value is -1.85. The summed E-state index contributed by atoms with van der Waals surface area (Å²) in [5, 5.41) is 0.0178. The topological polar surface area (TPSA) is 26.0 Å². The number of nitrogens with two attached hydrogens (primary N) is 1. The molecule has 0 aliphatic rings. The molecular formula is C16H16F5N. The van der Waals surface area contributed by atoms with Crippen molar-refractivity contribution in [3.8, 4) is 0 Å². The summed E-state index contributed by atoms with van der Waals surface area (Å²) in [5.41, 5.74) is 4.77. The quantitative estimate of drug-likeness (QED) is 0.555. The molecule has 0 amide bonds. The third kappa shape index (κ3) is 2.51. The fourth-order valence-electron chi connectivity index (χ4n) is 2.43. The van der Waals surface area contributed by atoms with E-state index in [2.05, 4.69) is 0 Å². The lowest BCUT2D eigenvalue weighted by molar-refractivity contribution is -0.288. The van der Waals surface area contributed by atoms with Gasteiger partial charge in [-0.3, -0.25) is 0 Å². The average Bonchev–Trinajstić information content (AvgIpc) is 2.36. The Morgan fingerprint density at radius 2 is 1.32 bits per heavy atom. The maximum atomic E-state index is 13.9. The summed E-state index contributed by atoms with van der Waals surface area (Å²) in [4.78, 5) is 0. The third-order valence-corrected chi connectivity index (χ3v) is 3.59. The maximum Gasteiger partial charge on any atom is 0.458 e. The summed E-state index contributed by atoms with van der Waals surface area (Å²) in [6, 6.07) is 6.53. The van der Waals surface area contributed by atoms with Crippen molar-refractivity contribution >= 4 is 16.5 Å². The lowest BCUT2D eigenvalue weighted by Crippen LogP contribution is -2.34. The molecule has 2 aromatic carbocycles. The van der Waals surface area contributed by atoms with Crippen LogP contribution in [0.5, 0.6) is 0 Å². The van der Waals surface area contributed by atoms with Crippen molar-refractivity contribution in [3.63, 3.8) is 0 Å². The number of benzene rings is 2. The molecule has 0 spiro atoms. The summed E-state index contributed by atoms with van der Waals surface area (Å²) < 4.78 is 66.2. The molecule has 0 atom stereocenters. The SMILES string of the molecule is CC(C)(C)c1cc(C(F)(F)C(F)(F)F)c2ccccc2c1N. The first kappa shape index (κ1) is 16.5. The van der Waals surface area contributed by atoms with Crippen LogP contribution in [0.25, 0.3) is 10.8 Å². The highest BCUT2D eigenvalue weighted by Crippen LogP contribution is 2.48. The van der Waals surface area contributed by atoms with E-state index in [-0.39, 0.29) is 22.0 Å². The first-order valence-corrected chi connectivity index (χ1v) is 6.64. The Bertz CT molecular complexity index is 711. The van der Waals surface area contributed by atoms with Gasteiger partial charge in [0, 0.05) is 16.6 Å². The van der Waals surface area contributed by atoms with Gasteiger partial charge >= 0.3 is 12.1 Å². The van der Waals surface area contributed by atoms with Crippen molar-refractivity contribution in [3.05, 3.63) is 41.5 Å². The minimum absolute atomic E-state index is 0.185. The van der Waals surface area contributed by atoms with Gasteiger partial charge in [0.1, 0.15) is 0 Å². The molecule has 0 aliphatic heterocycles. The summed E-state index contributed by atoms with van der Waals surface area (Å²) in [6.45, 7) is 5.13. The van der Waals surface area contributed by atoms with E-state index in [1.165, 1.54) is 18.2 Å². The minimum atomic E-state index is -5.67. The van der Waals surface area contributed by atoms with Gasteiger partial charge in [0.2, 0.25) is 0 Å². The molecule has 0 bridgehead atoms. The van der Waals surface area contributed by atoms with Crippen LogP contribution in [0.2, 0.25) is 0 Å². The molecule has 0 unspecified atom stereocenters. The molecular weight excluding hydrogens is 301 g/mol. The molecule has 0 heterocycles. The van der Waals surface area contributed by atoms with E-state index in [0.717, 1.165) is 6.07 Å². The highest BCUT2D eigenvalue weighted by Gasteiger charge is 2.59. The molecule has 0 aromatic heterocycles. The molecule has 120 valence electrons. The van der Waals surface area contributed by atoms with Crippen molar-refractivity contribution in [2.75, 3.05) is 5.73 Å². The molecule has 0 saturated carbocycles. The third-order valence-electron chi connectivity index (χ3n) is 3.59. The molecule has 6 heteroatoms. The first-order chi connectivity index (χ1) is 9.87. The van der Waals surface area contributed by atoms with Gasteiger partial charge in [-0.15, -0.1) is 0 Å². The fourth-order valence-corrected chi connectivity index (χ4v) is 2.43. The van der Waals surface area contributed by atoms with E-state index in [1.807, 2.05) is 0 Å². The molecule has 2 aromatic rings. The maximum absolute atomic E-state index is 13.9. The van der Waals surface area contributed by atoms with Gasteiger partial charge in [0.05, 0.1) is 0 Å². The van der Waals surface area contributed by atoms with Gasteiger partial charge in [0.25, 0.3) is 0 Å². The van der Waals surface area contributed by atoms with Crippen molar-refractivity contribution in [2.45, 2.75) is 38.3 Å². The zero-order valence-corrected chi connectivity index (χ0v) is 12.4. The number of halogens is 5. The normalized spacial score (nSPS) is 13.6. The van der Waals surface area contributed by atoms with Crippen LogP contribution in [-0.2, 0) is 11.3 Å². The highest BCUT2D eigenvalue weighted by molar-refractivity contribution is 5.97. The van der Waals surface area contributed by atoms with Crippen molar-refractivity contribution in [2.24, 2.45) is 0 Å². The number of anilines is 1. The summed E-state index contributed by atoms with van der Waals surface area (Å²) in [6.07, 6.45) is -5.67. The number of rotatable bonds is 1. The first-order valence-electron chi connectivity index (χ1n) is 6.64. The Balaban J connectivity index is 2.94. The second-order valence-corrected chi connectivity index (χ2v) is 6.25. The van der Waals surface area contributed by atoms with E-state index < -0.39 is 23.1 Å². The number of hydrogen-bond donors (Lipinski definition) is 1. The van der Waals surface area contributed by atoms with Crippen LogP contribution >= 0.6 is 0 Å². The number of alkyl halides is 5. The zero-order valence-electron chi connectivity index (χ0n) is 12.4. The number of nitrogen functional groups attached to an aromatic ring is 1. The largest absolute Gasteiger partial charge is 0.458 e. The van der Waals surface area contributed by atoms with Crippen LogP contribution in [0.15, 0.2) is 30.3 Å². The van der Waals surface area contributed by atoms with Crippen LogP contribution in [0, 0.1) is 0 Å². The Morgan fingerprint density at radius 3 is 1.77 bits per heavy atom. The molecule has 0 aliphatic carbocycles. The van der Waals surface area contributed by atoms with Crippen LogP contribution < -0.4 is 5.73 Å². The van der Waals surface area contributed by atoms with E-state index in [0.29, 0.717) is 0 Å². The molecule has 0 radical (unpaired) electrons. The van der Waals surface area contributed by atoms with E-state index in [4.69, 9.17) is 5.73 Å². The molecule has 0 saturated heterocycles. The van der Waals surface area contributed by atoms with Crippen molar-refractivity contribution in [1.82, 2.24) is 0 Å². The highest BCUT2D eigenvalue weighted by atomic mass is 19.4. The second-order valence-electron chi connectivity index (χ2n) is 6.25. The molecule has 0 fully saturated rings. The molecule has 22 heavy (non-hydrogen) atoms. The monoisotopic (exact) mass is 317 g/mol.